The summed E-state index contributed by atoms with van der Waals surface area (Å²) in [5.41, 5.74) is 6.49. The molecular weight excluding hydrogens is 154 g/mol. The van der Waals surface area contributed by atoms with Crippen molar-refractivity contribution in [2.75, 3.05) is 7.11 Å². The average molecular weight is 169 g/mol. The van der Waals surface area contributed by atoms with E-state index in [-0.39, 0.29) is 11.5 Å². The van der Waals surface area contributed by atoms with Crippen LogP contribution in [0.3, 0.4) is 0 Å². The van der Waals surface area contributed by atoms with Crippen molar-refractivity contribution < 1.29 is 9.53 Å². The summed E-state index contributed by atoms with van der Waals surface area (Å²) in [6.45, 7) is 0. The van der Waals surface area contributed by atoms with Gasteiger partial charge in [0.05, 0.1) is 7.11 Å². The quantitative estimate of drug-likeness (QED) is 0.636. The lowest BCUT2D eigenvalue weighted by Gasteiger charge is -2.69. The minimum atomic E-state index is -0.0919. The molecule has 0 radical (unpaired) electrons. The number of hydrogen-bond donors (Lipinski definition) is 1. The normalized spacial score (nSPS) is 42.8. The maximum absolute atomic E-state index is 10.8. The van der Waals surface area contributed by atoms with Gasteiger partial charge in [-0.2, -0.15) is 0 Å². The molecule has 0 heterocycles. The zero-order valence-electron chi connectivity index (χ0n) is 7.43. The molecule has 0 aromatic carbocycles. The molecule has 2 bridgehead atoms. The molecule has 0 spiro atoms. The van der Waals surface area contributed by atoms with Crippen molar-refractivity contribution in [3.63, 3.8) is 0 Å². The highest BCUT2D eigenvalue weighted by atomic mass is 16.5. The minimum absolute atomic E-state index is 0.0919. The first-order chi connectivity index (χ1) is 5.58. The van der Waals surface area contributed by atoms with Crippen LogP contribution in [0, 0.1) is 5.41 Å². The predicted molar refractivity (Wildman–Crippen MR) is 44.5 cm³/mol. The fourth-order valence-electron chi connectivity index (χ4n) is 2.82. The van der Waals surface area contributed by atoms with E-state index in [2.05, 4.69) is 4.74 Å². The van der Waals surface area contributed by atoms with E-state index < -0.39 is 0 Å². The monoisotopic (exact) mass is 169 g/mol. The van der Waals surface area contributed by atoms with Crippen molar-refractivity contribution in [3.05, 3.63) is 0 Å². The van der Waals surface area contributed by atoms with Crippen LogP contribution in [0.15, 0.2) is 0 Å². The Morgan fingerprint density at radius 1 is 1.50 bits per heavy atom. The molecule has 3 fully saturated rings. The molecule has 0 aromatic rings. The first kappa shape index (κ1) is 8.05. The smallest absolute Gasteiger partial charge is 0.305 e. The topological polar surface area (TPSA) is 52.3 Å². The fraction of sp³-hybridized carbons (Fsp3) is 0.889. The maximum Gasteiger partial charge on any atom is 0.305 e. The molecule has 2 N–H and O–H groups in total. The van der Waals surface area contributed by atoms with Gasteiger partial charge in [0.15, 0.2) is 0 Å². The number of hydrogen-bond acceptors (Lipinski definition) is 3. The van der Waals surface area contributed by atoms with E-state index in [1.54, 1.807) is 0 Å². The summed E-state index contributed by atoms with van der Waals surface area (Å²) in [5, 5.41) is 0. The molecule has 0 atom stereocenters. The standard InChI is InChI=1S/C9H15NO2/c1-12-7(11)2-3-8-4-9(10,5-8)6-8/h2-6,10H2,1H3. The van der Waals surface area contributed by atoms with Gasteiger partial charge in [-0.1, -0.05) is 0 Å². The number of methoxy groups -OCH3 is 1. The summed E-state index contributed by atoms with van der Waals surface area (Å²) in [6, 6.07) is 0. The maximum atomic E-state index is 10.8. The van der Waals surface area contributed by atoms with Crippen LogP contribution in [-0.4, -0.2) is 18.6 Å². The lowest BCUT2D eigenvalue weighted by atomic mass is 9.39. The summed E-state index contributed by atoms with van der Waals surface area (Å²) in [4.78, 5) is 10.8. The number of carbonyl (C=O) groups is 1. The van der Waals surface area contributed by atoms with Crippen LogP contribution in [-0.2, 0) is 9.53 Å². The van der Waals surface area contributed by atoms with Gasteiger partial charge in [0.2, 0.25) is 0 Å². The van der Waals surface area contributed by atoms with Crippen molar-refractivity contribution in [2.24, 2.45) is 11.1 Å². The van der Waals surface area contributed by atoms with Gasteiger partial charge in [-0.25, -0.2) is 0 Å². The van der Waals surface area contributed by atoms with Crippen LogP contribution in [0.4, 0.5) is 0 Å². The second-order valence-corrected chi connectivity index (χ2v) is 4.47. The third-order valence-corrected chi connectivity index (χ3v) is 3.27. The highest BCUT2D eigenvalue weighted by molar-refractivity contribution is 5.69. The molecule has 3 rings (SSSR count). The molecule has 0 unspecified atom stereocenters. The third kappa shape index (κ3) is 1.04. The molecule has 12 heavy (non-hydrogen) atoms. The minimum Gasteiger partial charge on any atom is -0.469 e. The molecule has 3 aliphatic rings. The second-order valence-electron chi connectivity index (χ2n) is 4.47. The van der Waals surface area contributed by atoms with Gasteiger partial charge in [-0.3, -0.25) is 4.79 Å². The molecule has 0 amide bonds. The largest absolute Gasteiger partial charge is 0.469 e. The van der Waals surface area contributed by atoms with Crippen molar-refractivity contribution in [1.29, 1.82) is 0 Å². The Labute approximate surface area is 72.3 Å². The van der Waals surface area contributed by atoms with Gasteiger partial charge in [0.1, 0.15) is 0 Å². The van der Waals surface area contributed by atoms with E-state index in [1.807, 2.05) is 0 Å². The van der Waals surface area contributed by atoms with Gasteiger partial charge in [0, 0.05) is 12.0 Å². The van der Waals surface area contributed by atoms with Crippen LogP contribution < -0.4 is 5.73 Å². The van der Waals surface area contributed by atoms with Crippen molar-refractivity contribution in [1.82, 2.24) is 0 Å². The molecule has 0 saturated heterocycles. The number of nitrogens with two attached hydrogens (primary N) is 1. The van der Waals surface area contributed by atoms with Crippen LogP contribution in [0.25, 0.3) is 0 Å². The zero-order chi connectivity index (χ0) is 8.82. The van der Waals surface area contributed by atoms with Gasteiger partial charge in [0.25, 0.3) is 0 Å². The Kier molecular flexibility index (Phi) is 1.49. The van der Waals surface area contributed by atoms with E-state index in [4.69, 9.17) is 5.73 Å². The lowest BCUT2D eigenvalue weighted by molar-refractivity contribution is -0.154. The van der Waals surface area contributed by atoms with E-state index in [1.165, 1.54) is 7.11 Å². The zero-order valence-corrected chi connectivity index (χ0v) is 7.43. The van der Waals surface area contributed by atoms with Gasteiger partial charge in [-0.15, -0.1) is 0 Å². The lowest BCUT2D eigenvalue weighted by Crippen LogP contribution is -2.72. The number of carbonyl (C=O) groups excluding carboxylic acids is 1. The Morgan fingerprint density at radius 3 is 2.50 bits per heavy atom. The summed E-state index contributed by atoms with van der Waals surface area (Å²) < 4.78 is 4.59. The van der Waals surface area contributed by atoms with Gasteiger partial charge in [-0.05, 0) is 31.1 Å². The number of rotatable bonds is 3. The van der Waals surface area contributed by atoms with E-state index in [9.17, 15) is 4.79 Å². The number of ether oxygens (including phenoxy) is 1. The Balaban J connectivity index is 1.73. The molecular formula is C9H15NO2. The van der Waals surface area contributed by atoms with E-state index in [0.717, 1.165) is 25.7 Å². The molecule has 3 saturated carbocycles. The Bertz CT molecular complexity index is 205. The van der Waals surface area contributed by atoms with Gasteiger partial charge < -0.3 is 10.5 Å². The molecule has 68 valence electrons. The second kappa shape index (κ2) is 2.22. The summed E-state index contributed by atoms with van der Waals surface area (Å²) in [7, 11) is 1.44. The summed E-state index contributed by atoms with van der Waals surface area (Å²) >= 11 is 0. The number of esters is 1. The summed E-state index contributed by atoms with van der Waals surface area (Å²) in [6.07, 6.45) is 4.90. The van der Waals surface area contributed by atoms with E-state index in [0.29, 0.717) is 11.8 Å². The van der Waals surface area contributed by atoms with E-state index >= 15 is 0 Å². The average Bonchev–Trinajstić information content (AvgIpc) is 1.93. The van der Waals surface area contributed by atoms with Crippen molar-refractivity contribution >= 4 is 5.97 Å². The van der Waals surface area contributed by atoms with Crippen LogP contribution >= 0.6 is 0 Å². The Morgan fingerprint density at radius 2 is 2.08 bits per heavy atom. The Hall–Kier alpha value is -0.570. The SMILES string of the molecule is COC(=O)CCC12CC(N)(C1)C2. The fourth-order valence-corrected chi connectivity index (χ4v) is 2.82. The van der Waals surface area contributed by atoms with Crippen LogP contribution in [0.2, 0.25) is 0 Å². The van der Waals surface area contributed by atoms with Crippen molar-refractivity contribution in [2.45, 2.75) is 37.6 Å². The van der Waals surface area contributed by atoms with Crippen LogP contribution in [0.5, 0.6) is 0 Å². The van der Waals surface area contributed by atoms with Crippen LogP contribution in [0.1, 0.15) is 32.1 Å². The first-order valence-corrected chi connectivity index (χ1v) is 4.43. The predicted octanol–water partition coefficient (Wildman–Crippen LogP) is 0.821. The molecule has 3 aliphatic carbocycles. The molecule has 0 aliphatic heterocycles. The molecule has 3 nitrogen and oxygen atoms in total. The van der Waals surface area contributed by atoms with Gasteiger partial charge >= 0.3 is 5.97 Å². The third-order valence-electron chi connectivity index (χ3n) is 3.27. The van der Waals surface area contributed by atoms with Crippen molar-refractivity contribution in [3.8, 4) is 0 Å². The molecule has 0 aromatic heterocycles. The highest BCUT2D eigenvalue weighted by Gasteiger charge is 2.64. The highest BCUT2D eigenvalue weighted by Crippen LogP contribution is 2.67. The first-order valence-electron chi connectivity index (χ1n) is 4.43. The molecule has 3 heteroatoms. The summed E-state index contributed by atoms with van der Waals surface area (Å²) in [5.74, 6) is -0.0919.